The summed E-state index contributed by atoms with van der Waals surface area (Å²) in [6.45, 7) is 2.58. The Labute approximate surface area is 198 Å². The van der Waals surface area contributed by atoms with Crippen molar-refractivity contribution in [2.24, 2.45) is 5.73 Å². The third kappa shape index (κ3) is 3.80. The first kappa shape index (κ1) is 21.7. The van der Waals surface area contributed by atoms with Gasteiger partial charge in [0, 0.05) is 29.1 Å². The van der Waals surface area contributed by atoms with Crippen molar-refractivity contribution < 1.29 is 9.47 Å². The predicted octanol–water partition coefficient (Wildman–Crippen LogP) is 5.22. The number of ether oxygens (including phenoxy) is 2. The molecule has 2 aromatic heterocycles. The number of nitrogens with one attached hydrogen (secondary N) is 1. The van der Waals surface area contributed by atoms with Gasteiger partial charge in [-0.25, -0.2) is 4.98 Å². The molecule has 5 rings (SSSR count). The lowest BCUT2D eigenvalue weighted by Gasteiger charge is -2.16. The highest BCUT2D eigenvalue weighted by Crippen LogP contribution is 2.35. The number of fused-ring (bicyclic) bond motifs is 2. The van der Waals surface area contributed by atoms with Crippen LogP contribution in [-0.2, 0) is 6.54 Å². The summed E-state index contributed by atoms with van der Waals surface area (Å²) in [6, 6.07) is 23.8. The molecular formula is C27H27N5O2. The molecule has 0 aliphatic rings. The lowest BCUT2D eigenvalue weighted by Crippen LogP contribution is -2.14. The summed E-state index contributed by atoms with van der Waals surface area (Å²) in [5, 5.41) is 5.34. The van der Waals surface area contributed by atoms with Crippen LogP contribution in [0.5, 0.6) is 11.5 Å². The van der Waals surface area contributed by atoms with Gasteiger partial charge < -0.3 is 20.5 Å². The van der Waals surface area contributed by atoms with Gasteiger partial charge in [-0.2, -0.15) is 4.98 Å². The molecule has 3 aromatic carbocycles. The molecule has 7 nitrogen and oxygen atoms in total. The first-order valence-corrected chi connectivity index (χ1v) is 11.2. The van der Waals surface area contributed by atoms with Gasteiger partial charge in [0.1, 0.15) is 22.8 Å². The van der Waals surface area contributed by atoms with E-state index in [1.165, 1.54) is 0 Å². The molecule has 0 saturated carbocycles. The molecule has 1 atom stereocenters. The second-order valence-electron chi connectivity index (χ2n) is 8.15. The number of para-hydroxylation sites is 1. The molecule has 0 aliphatic carbocycles. The molecule has 3 N–H and O–H groups in total. The molecule has 34 heavy (non-hydrogen) atoms. The van der Waals surface area contributed by atoms with E-state index in [-0.39, 0.29) is 6.04 Å². The highest BCUT2D eigenvalue weighted by atomic mass is 16.5. The van der Waals surface area contributed by atoms with E-state index in [9.17, 15) is 0 Å². The molecule has 2 heterocycles. The molecule has 1 unspecified atom stereocenters. The summed E-state index contributed by atoms with van der Waals surface area (Å²) < 4.78 is 13.3. The number of nitrogens with two attached hydrogens (primary N) is 1. The molecule has 0 aliphatic heterocycles. The molecule has 0 radical (unpaired) electrons. The Morgan fingerprint density at radius 3 is 2.35 bits per heavy atom. The van der Waals surface area contributed by atoms with Crippen molar-refractivity contribution in [3.63, 3.8) is 0 Å². The zero-order valence-corrected chi connectivity index (χ0v) is 19.4. The van der Waals surface area contributed by atoms with Crippen molar-refractivity contribution in [3.8, 4) is 17.4 Å². The summed E-state index contributed by atoms with van der Waals surface area (Å²) in [4.78, 5) is 9.91. The molecule has 0 bridgehead atoms. The lowest BCUT2D eigenvalue weighted by molar-refractivity contribution is 0.419. The van der Waals surface area contributed by atoms with Crippen LogP contribution < -0.4 is 20.5 Å². The first-order chi connectivity index (χ1) is 16.6. The molecule has 5 aromatic rings. The fourth-order valence-electron chi connectivity index (χ4n) is 4.26. The SMILES string of the molecule is COc1cccc2c1cc(C(C)N)n2-c1nc(NCc2ccccc2)c2cccc(OC)c2n1. The van der Waals surface area contributed by atoms with E-state index in [0.29, 0.717) is 18.2 Å². The average Bonchev–Trinajstić information content (AvgIpc) is 3.27. The van der Waals surface area contributed by atoms with Gasteiger partial charge in [0.05, 0.1) is 19.7 Å². The number of benzene rings is 3. The largest absolute Gasteiger partial charge is 0.496 e. The van der Waals surface area contributed by atoms with Gasteiger partial charge in [-0.05, 0) is 42.8 Å². The van der Waals surface area contributed by atoms with Gasteiger partial charge >= 0.3 is 0 Å². The van der Waals surface area contributed by atoms with E-state index in [4.69, 9.17) is 25.2 Å². The number of anilines is 1. The van der Waals surface area contributed by atoms with Gasteiger partial charge in [0.2, 0.25) is 5.95 Å². The molecule has 7 heteroatoms. The highest BCUT2D eigenvalue weighted by molar-refractivity contribution is 5.94. The quantitative estimate of drug-likeness (QED) is 0.351. The van der Waals surface area contributed by atoms with Gasteiger partial charge in [0.25, 0.3) is 0 Å². The van der Waals surface area contributed by atoms with Crippen LogP contribution in [0.2, 0.25) is 0 Å². The van der Waals surface area contributed by atoms with Crippen LogP contribution in [0.1, 0.15) is 24.2 Å². The Bertz CT molecular complexity index is 1460. The van der Waals surface area contributed by atoms with Gasteiger partial charge in [-0.15, -0.1) is 0 Å². The Hall–Kier alpha value is -4.10. The van der Waals surface area contributed by atoms with E-state index >= 15 is 0 Å². The van der Waals surface area contributed by atoms with E-state index in [1.807, 2.05) is 72.2 Å². The van der Waals surface area contributed by atoms with E-state index in [1.54, 1.807) is 14.2 Å². The second-order valence-corrected chi connectivity index (χ2v) is 8.15. The third-order valence-corrected chi connectivity index (χ3v) is 5.92. The van der Waals surface area contributed by atoms with E-state index < -0.39 is 0 Å². The maximum absolute atomic E-state index is 6.39. The molecule has 0 fully saturated rings. The van der Waals surface area contributed by atoms with Crippen molar-refractivity contribution in [3.05, 3.63) is 84.1 Å². The van der Waals surface area contributed by atoms with Crippen LogP contribution in [0, 0.1) is 0 Å². The summed E-state index contributed by atoms with van der Waals surface area (Å²) in [7, 11) is 3.32. The molecule has 0 saturated heterocycles. The van der Waals surface area contributed by atoms with Crippen LogP contribution in [0.25, 0.3) is 27.8 Å². The van der Waals surface area contributed by atoms with Crippen LogP contribution in [0.4, 0.5) is 5.82 Å². The van der Waals surface area contributed by atoms with Crippen LogP contribution in [0.3, 0.4) is 0 Å². The number of rotatable bonds is 7. The molecule has 172 valence electrons. The first-order valence-electron chi connectivity index (χ1n) is 11.2. The molecule has 0 amide bonds. The maximum atomic E-state index is 6.39. The Kier molecular flexibility index (Phi) is 5.77. The third-order valence-electron chi connectivity index (χ3n) is 5.92. The van der Waals surface area contributed by atoms with Crippen molar-refractivity contribution in [2.75, 3.05) is 19.5 Å². The Morgan fingerprint density at radius 1 is 0.882 bits per heavy atom. The number of methoxy groups -OCH3 is 2. The minimum absolute atomic E-state index is 0.241. The van der Waals surface area contributed by atoms with Crippen LogP contribution in [0.15, 0.2) is 72.8 Å². The molecular weight excluding hydrogens is 426 g/mol. The summed E-state index contributed by atoms with van der Waals surface area (Å²) in [5.74, 6) is 2.70. The molecule has 0 spiro atoms. The standard InChI is InChI=1S/C27H27N5O2/c1-17(28)22-15-20-21(12-8-13-23(20)33-2)32(22)27-30-25-19(11-7-14-24(25)34-3)26(31-27)29-16-18-9-5-4-6-10-18/h4-15,17H,16,28H2,1-3H3,(H,29,30,31). The Morgan fingerprint density at radius 2 is 1.62 bits per heavy atom. The van der Waals surface area contributed by atoms with E-state index in [2.05, 4.69) is 17.4 Å². The minimum atomic E-state index is -0.241. The summed E-state index contributed by atoms with van der Waals surface area (Å²) in [6.07, 6.45) is 0. The average molecular weight is 454 g/mol. The normalized spacial score (nSPS) is 12.1. The smallest absolute Gasteiger partial charge is 0.237 e. The highest BCUT2D eigenvalue weighted by Gasteiger charge is 2.20. The second kappa shape index (κ2) is 9.03. The monoisotopic (exact) mass is 453 g/mol. The number of aromatic nitrogens is 3. The lowest BCUT2D eigenvalue weighted by atomic mass is 10.2. The fraction of sp³-hybridized carbons (Fsp3) is 0.185. The van der Waals surface area contributed by atoms with Crippen LogP contribution in [-0.4, -0.2) is 28.8 Å². The van der Waals surface area contributed by atoms with Crippen molar-refractivity contribution in [1.82, 2.24) is 14.5 Å². The number of hydrogen-bond acceptors (Lipinski definition) is 6. The minimum Gasteiger partial charge on any atom is -0.496 e. The van der Waals surface area contributed by atoms with Gasteiger partial charge in [-0.3, -0.25) is 4.57 Å². The predicted molar refractivity (Wildman–Crippen MR) is 136 cm³/mol. The maximum Gasteiger partial charge on any atom is 0.237 e. The summed E-state index contributed by atoms with van der Waals surface area (Å²) >= 11 is 0. The van der Waals surface area contributed by atoms with Gasteiger partial charge in [-0.1, -0.05) is 42.5 Å². The summed E-state index contributed by atoms with van der Waals surface area (Å²) in [5.41, 5.74) is 10.1. The number of hydrogen-bond donors (Lipinski definition) is 2. The fourth-order valence-corrected chi connectivity index (χ4v) is 4.26. The van der Waals surface area contributed by atoms with Crippen molar-refractivity contribution in [2.45, 2.75) is 19.5 Å². The zero-order chi connectivity index (χ0) is 23.7. The Balaban J connectivity index is 1.74. The van der Waals surface area contributed by atoms with Crippen LogP contribution >= 0.6 is 0 Å². The van der Waals surface area contributed by atoms with Gasteiger partial charge in [0.15, 0.2) is 0 Å². The zero-order valence-electron chi connectivity index (χ0n) is 19.4. The topological polar surface area (TPSA) is 87.2 Å². The van der Waals surface area contributed by atoms with Crippen molar-refractivity contribution >= 4 is 27.6 Å². The number of nitrogens with zero attached hydrogens (tertiary/aromatic N) is 3. The van der Waals surface area contributed by atoms with E-state index in [0.717, 1.165) is 44.6 Å². The van der Waals surface area contributed by atoms with Crippen molar-refractivity contribution in [1.29, 1.82) is 0 Å².